The van der Waals surface area contributed by atoms with Crippen LogP contribution in [0.25, 0.3) is 5.57 Å². The minimum atomic E-state index is -4.56. The Morgan fingerprint density at radius 3 is 2.66 bits per heavy atom. The third-order valence-electron chi connectivity index (χ3n) is 6.13. The van der Waals surface area contributed by atoms with E-state index >= 15 is 0 Å². The fourth-order valence-electron chi connectivity index (χ4n) is 4.58. The number of carbonyl (C=O) groups is 1. The molecule has 4 heterocycles. The maximum absolute atomic E-state index is 13.9. The van der Waals surface area contributed by atoms with Gasteiger partial charge < -0.3 is 14.5 Å². The van der Waals surface area contributed by atoms with Crippen LogP contribution >= 0.6 is 0 Å². The van der Waals surface area contributed by atoms with Crippen molar-refractivity contribution in [2.45, 2.75) is 50.0 Å². The lowest BCUT2D eigenvalue weighted by Crippen LogP contribution is -2.54. The van der Waals surface area contributed by atoms with Crippen LogP contribution < -0.4 is 10.7 Å². The lowest BCUT2D eigenvalue weighted by molar-refractivity contribution is -0.161. The number of benzene rings is 1. The molecule has 5 rings (SSSR count). The number of nitrogens with one attached hydrogen (secondary N) is 2. The normalized spacial score (nSPS) is 28.6. The van der Waals surface area contributed by atoms with Gasteiger partial charge in [0.25, 0.3) is 11.8 Å². The molecule has 8 nitrogen and oxygen atoms in total. The summed E-state index contributed by atoms with van der Waals surface area (Å²) >= 11 is 0. The van der Waals surface area contributed by atoms with Crippen molar-refractivity contribution in [1.82, 2.24) is 25.9 Å². The second-order valence-corrected chi connectivity index (χ2v) is 8.21. The number of fused-ring (bicyclic) bond motifs is 1. The summed E-state index contributed by atoms with van der Waals surface area (Å²) in [5.74, 6) is -1.40. The predicted octanol–water partition coefficient (Wildman–Crippen LogP) is 2.69. The van der Waals surface area contributed by atoms with E-state index in [1.807, 2.05) is 0 Å². The van der Waals surface area contributed by atoms with Gasteiger partial charge in [0.05, 0.1) is 18.4 Å². The maximum Gasteiger partial charge on any atom is 0.406 e. The predicted molar refractivity (Wildman–Crippen MR) is 106 cm³/mol. The molecule has 11 heteroatoms. The van der Waals surface area contributed by atoms with E-state index < -0.39 is 30.2 Å². The maximum atomic E-state index is 13.9. The average Bonchev–Trinajstić information content (AvgIpc) is 3.40. The van der Waals surface area contributed by atoms with Crippen molar-refractivity contribution >= 4 is 11.5 Å². The van der Waals surface area contributed by atoms with Crippen molar-refractivity contribution in [3.8, 4) is 0 Å². The van der Waals surface area contributed by atoms with E-state index in [4.69, 9.17) is 9.15 Å². The molecule has 4 unspecified atom stereocenters. The van der Waals surface area contributed by atoms with Crippen LogP contribution in [0, 0.1) is 0 Å². The first-order chi connectivity index (χ1) is 15.3. The summed E-state index contributed by atoms with van der Waals surface area (Å²) in [4.78, 5) is 13.3. The molecule has 3 aliphatic heterocycles. The van der Waals surface area contributed by atoms with Gasteiger partial charge in [-0.1, -0.05) is 30.3 Å². The highest BCUT2D eigenvalue weighted by Crippen LogP contribution is 2.42. The third-order valence-corrected chi connectivity index (χ3v) is 6.13. The molecule has 3 aliphatic rings. The van der Waals surface area contributed by atoms with Crippen molar-refractivity contribution < 1.29 is 27.1 Å². The van der Waals surface area contributed by atoms with E-state index in [0.717, 1.165) is 17.9 Å². The highest BCUT2D eigenvalue weighted by Gasteiger charge is 2.58. The van der Waals surface area contributed by atoms with Crippen molar-refractivity contribution in [2.75, 3.05) is 13.2 Å². The lowest BCUT2D eigenvalue weighted by Gasteiger charge is -2.34. The van der Waals surface area contributed by atoms with Crippen molar-refractivity contribution in [1.29, 1.82) is 0 Å². The fraction of sp³-hybridized carbons (Fsp3) is 0.476. The summed E-state index contributed by atoms with van der Waals surface area (Å²) in [6, 6.07) is 6.42. The number of halogens is 3. The van der Waals surface area contributed by atoms with Crippen LogP contribution in [0.15, 0.2) is 40.4 Å². The molecule has 0 spiro atoms. The Morgan fingerprint density at radius 2 is 1.97 bits per heavy atom. The van der Waals surface area contributed by atoms with Gasteiger partial charge in [-0.3, -0.25) is 4.79 Å². The molecule has 170 valence electrons. The van der Waals surface area contributed by atoms with Gasteiger partial charge in [-0.2, -0.15) is 13.2 Å². The number of aromatic nitrogens is 2. The molecule has 1 amide bonds. The molecule has 0 bridgehead atoms. The Hall–Kier alpha value is -2.92. The van der Waals surface area contributed by atoms with Crippen LogP contribution in [0.5, 0.6) is 0 Å². The van der Waals surface area contributed by atoms with E-state index in [1.165, 1.54) is 0 Å². The molecule has 1 aromatic heterocycles. The zero-order valence-corrected chi connectivity index (χ0v) is 17.2. The van der Waals surface area contributed by atoms with Gasteiger partial charge in [-0.05, 0) is 25.3 Å². The summed E-state index contributed by atoms with van der Waals surface area (Å²) in [6.45, 7) is 2.75. The first-order valence-electron chi connectivity index (χ1n) is 10.4. The van der Waals surface area contributed by atoms with Crippen molar-refractivity contribution in [3.05, 3.63) is 53.4 Å². The number of hydrogen-bond acceptors (Lipinski definition) is 7. The number of carbonyl (C=O) groups excluding carboxylic acids is 1. The Labute approximate surface area is 181 Å². The van der Waals surface area contributed by atoms with Gasteiger partial charge in [-0.15, -0.1) is 10.2 Å². The van der Waals surface area contributed by atoms with E-state index in [0.29, 0.717) is 30.4 Å². The first kappa shape index (κ1) is 21.0. The molecule has 2 fully saturated rings. The van der Waals surface area contributed by atoms with Gasteiger partial charge >= 0.3 is 6.18 Å². The quantitative estimate of drug-likeness (QED) is 0.744. The highest BCUT2D eigenvalue weighted by atomic mass is 19.4. The molecule has 32 heavy (non-hydrogen) atoms. The highest BCUT2D eigenvalue weighted by molar-refractivity contribution is 6.19. The Morgan fingerprint density at radius 1 is 1.19 bits per heavy atom. The molecule has 1 aromatic carbocycles. The number of rotatable bonds is 3. The summed E-state index contributed by atoms with van der Waals surface area (Å²) in [6.07, 6.45) is -3.79. The minimum Gasteiger partial charge on any atom is -0.420 e. The summed E-state index contributed by atoms with van der Waals surface area (Å²) in [7, 11) is 0. The van der Waals surface area contributed by atoms with E-state index in [2.05, 4.69) is 20.9 Å². The van der Waals surface area contributed by atoms with Crippen LogP contribution in [0.4, 0.5) is 13.2 Å². The zero-order chi connectivity index (χ0) is 22.5. The van der Waals surface area contributed by atoms with Crippen LogP contribution in [0.2, 0.25) is 0 Å². The number of hydrogen-bond donors (Lipinski definition) is 2. The van der Waals surface area contributed by atoms with E-state index in [-0.39, 0.29) is 17.4 Å². The summed E-state index contributed by atoms with van der Waals surface area (Å²) < 4.78 is 52.9. The fourth-order valence-corrected chi connectivity index (χ4v) is 4.58. The Kier molecular flexibility index (Phi) is 5.17. The molecular formula is C21H22F3N5O3. The summed E-state index contributed by atoms with van der Waals surface area (Å²) in [5.41, 5.74) is 3.29. The number of amides is 1. The Balaban J connectivity index is 1.48. The molecule has 4 atom stereocenters. The monoisotopic (exact) mass is 449 g/mol. The third kappa shape index (κ3) is 3.55. The van der Waals surface area contributed by atoms with Gasteiger partial charge in [0.1, 0.15) is 17.8 Å². The smallest absolute Gasteiger partial charge is 0.406 e. The van der Waals surface area contributed by atoms with Crippen molar-refractivity contribution in [2.24, 2.45) is 0 Å². The largest absolute Gasteiger partial charge is 0.420 e. The van der Waals surface area contributed by atoms with Crippen LogP contribution in [-0.4, -0.2) is 52.7 Å². The van der Waals surface area contributed by atoms with E-state index in [1.54, 1.807) is 37.3 Å². The molecule has 0 radical (unpaired) electrons. The Bertz CT molecular complexity index is 1030. The molecule has 0 saturated carbocycles. The molecule has 2 N–H and O–H groups in total. The minimum absolute atomic E-state index is 0.0208. The number of nitrogens with zero attached hydrogens (tertiary/aromatic N) is 3. The second-order valence-electron chi connectivity index (χ2n) is 8.21. The molecular weight excluding hydrogens is 427 g/mol. The van der Waals surface area contributed by atoms with Gasteiger partial charge in [0.2, 0.25) is 5.89 Å². The lowest BCUT2D eigenvalue weighted by atomic mass is 9.89. The van der Waals surface area contributed by atoms with Crippen molar-refractivity contribution in [3.63, 3.8) is 0 Å². The number of allylic oxidation sites excluding steroid dienone is 1. The second kappa shape index (κ2) is 7.89. The number of hydrazine groups is 1. The van der Waals surface area contributed by atoms with Crippen LogP contribution in [0.1, 0.15) is 48.9 Å². The molecule has 2 aromatic rings. The van der Waals surface area contributed by atoms with Gasteiger partial charge in [0, 0.05) is 12.3 Å². The van der Waals surface area contributed by atoms with Crippen LogP contribution in [-0.2, 0) is 9.53 Å². The van der Waals surface area contributed by atoms with Crippen LogP contribution in [0.3, 0.4) is 0 Å². The first-order valence-corrected chi connectivity index (χ1v) is 10.4. The van der Waals surface area contributed by atoms with E-state index in [9.17, 15) is 18.0 Å². The van der Waals surface area contributed by atoms with Gasteiger partial charge in [-0.25, -0.2) is 10.4 Å². The molecule has 2 saturated heterocycles. The summed E-state index contributed by atoms with van der Waals surface area (Å²) in [5, 5.41) is 12.1. The molecule has 0 aliphatic carbocycles. The standard InChI is InChI=1S/C21H22F3N5O3/c1-11-14(19-27-26-18(32-19)13-8-5-9-31-10-13)20(30)29-17(25-11)15(12-6-3-2-4-7-12)16(28-29)21(22,23)24/h2-4,6-7,13,15-17,25,28H,5,8-10H2,1H3. The number of ether oxygens (including phenoxy) is 1. The van der Waals surface area contributed by atoms with Gasteiger partial charge in [0.15, 0.2) is 0 Å². The topological polar surface area (TPSA) is 92.5 Å². The average molecular weight is 449 g/mol. The SMILES string of the molecule is CC1=C(c2nnc(C3CCCOC3)o2)C(=O)N2NC(C(F)(F)F)C(c3ccccc3)C2N1. The number of alkyl halides is 3. The zero-order valence-electron chi connectivity index (χ0n) is 17.2.